The van der Waals surface area contributed by atoms with E-state index < -0.39 is 9.96 Å². The number of anilines is 1. The van der Waals surface area contributed by atoms with Crippen molar-refractivity contribution in [3.8, 4) is 0 Å². The van der Waals surface area contributed by atoms with Crippen LogP contribution in [0.4, 0.5) is 17.1 Å². The van der Waals surface area contributed by atoms with Gasteiger partial charge in [0.25, 0.3) is 5.91 Å². The summed E-state index contributed by atoms with van der Waals surface area (Å²) in [6.07, 6.45) is -0.951. The van der Waals surface area contributed by atoms with Crippen LogP contribution in [-0.2, 0) is 0 Å². The van der Waals surface area contributed by atoms with Crippen molar-refractivity contribution in [1.29, 1.82) is 0 Å². The number of hydrogen-bond donors (Lipinski definition) is 2. The summed E-state index contributed by atoms with van der Waals surface area (Å²) < 4.78 is -1.77. The Morgan fingerprint density at radius 2 is 1.40 bits per heavy atom. The summed E-state index contributed by atoms with van der Waals surface area (Å²) in [5.74, 6) is -0.355. The summed E-state index contributed by atoms with van der Waals surface area (Å²) >= 11 is 18.2. The van der Waals surface area contributed by atoms with Crippen LogP contribution in [0.2, 0.25) is 0 Å². The van der Waals surface area contributed by atoms with Crippen LogP contribution in [0.3, 0.4) is 0 Å². The van der Waals surface area contributed by atoms with E-state index in [4.69, 9.17) is 34.8 Å². The van der Waals surface area contributed by atoms with Gasteiger partial charge in [0.1, 0.15) is 6.17 Å². The first-order valence-corrected chi connectivity index (χ1v) is 10.2. The largest absolute Gasteiger partial charge is 0.362 e. The van der Waals surface area contributed by atoms with Gasteiger partial charge in [-0.15, -0.1) is 0 Å². The minimum absolute atomic E-state index is 0.355. The Bertz CT molecular complexity index is 1000. The number of carbonyl (C=O) groups excluding carboxylic acids is 1. The first kappa shape index (κ1) is 22.1. The van der Waals surface area contributed by atoms with Crippen molar-refractivity contribution >= 4 is 57.8 Å². The number of azo groups is 1. The maximum absolute atomic E-state index is 12.5. The van der Waals surface area contributed by atoms with Crippen LogP contribution in [0.25, 0.3) is 0 Å². The van der Waals surface area contributed by atoms with Gasteiger partial charge in [-0.1, -0.05) is 70.7 Å². The number of aryl methyl sites for hydroxylation is 1. The highest BCUT2D eigenvalue weighted by molar-refractivity contribution is 6.68. The van der Waals surface area contributed by atoms with Gasteiger partial charge in [-0.05, 0) is 55.5 Å². The quantitative estimate of drug-likeness (QED) is 0.237. The van der Waals surface area contributed by atoms with Crippen molar-refractivity contribution in [3.63, 3.8) is 0 Å². The SMILES string of the molecule is Cc1ccc(C(=O)N[C@H](Nc2ccc(N=Nc3ccccc3)cc2)C(Cl)(Cl)Cl)cc1. The summed E-state index contributed by atoms with van der Waals surface area (Å²) in [7, 11) is 0. The molecule has 3 aromatic rings. The predicted octanol–water partition coefficient (Wildman–Crippen LogP) is 6.95. The molecule has 0 unspecified atom stereocenters. The Morgan fingerprint density at radius 1 is 0.833 bits per heavy atom. The lowest BCUT2D eigenvalue weighted by atomic mass is 10.1. The van der Waals surface area contributed by atoms with E-state index in [2.05, 4.69) is 20.9 Å². The maximum Gasteiger partial charge on any atom is 0.252 e. The molecule has 0 heterocycles. The normalized spacial score (nSPS) is 12.5. The number of hydrogen-bond acceptors (Lipinski definition) is 4. The molecule has 0 spiro atoms. The molecule has 0 aliphatic carbocycles. The molecule has 0 aliphatic rings. The predicted molar refractivity (Wildman–Crippen MR) is 123 cm³/mol. The third kappa shape index (κ3) is 6.46. The van der Waals surface area contributed by atoms with Gasteiger partial charge in [0.05, 0.1) is 11.4 Å². The van der Waals surface area contributed by atoms with Crippen molar-refractivity contribution in [2.45, 2.75) is 16.9 Å². The lowest BCUT2D eigenvalue weighted by Crippen LogP contribution is -2.49. The molecule has 8 heteroatoms. The second kappa shape index (κ2) is 9.94. The van der Waals surface area contributed by atoms with Crippen molar-refractivity contribution in [1.82, 2.24) is 5.32 Å². The molecule has 0 aliphatic heterocycles. The van der Waals surface area contributed by atoms with E-state index in [9.17, 15) is 4.79 Å². The topological polar surface area (TPSA) is 65.8 Å². The molecular weight excluding hydrogens is 443 g/mol. The fraction of sp³-hybridized carbons (Fsp3) is 0.136. The van der Waals surface area contributed by atoms with E-state index in [1.54, 1.807) is 36.4 Å². The number of benzene rings is 3. The minimum Gasteiger partial charge on any atom is -0.362 e. The number of nitrogens with zero attached hydrogens (tertiary/aromatic N) is 2. The Labute approximate surface area is 190 Å². The molecule has 0 aromatic heterocycles. The van der Waals surface area contributed by atoms with Gasteiger partial charge in [-0.2, -0.15) is 10.2 Å². The molecule has 5 nitrogen and oxygen atoms in total. The molecule has 0 fully saturated rings. The van der Waals surface area contributed by atoms with Crippen molar-refractivity contribution < 1.29 is 4.79 Å². The molecule has 30 heavy (non-hydrogen) atoms. The van der Waals surface area contributed by atoms with E-state index in [0.29, 0.717) is 16.9 Å². The zero-order valence-electron chi connectivity index (χ0n) is 16.0. The fourth-order valence-corrected chi connectivity index (χ4v) is 2.85. The lowest BCUT2D eigenvalue weighted by molar-refractivity contribution is 0.0942. The Balaban J connectivity index is 1.68. The first-order valence-electron chi connectivity index (χ1n) is 9.09. The van der Waals surface area contributed by atoms with Gasteiger partial charge in [0, 0.05) is 11.3 Å². The monoisotopic (exact) mass is 460 g/mol. The van der Waals surface area contributed by atoms with Gasteiger partial charge in [0.15, 0.2) is 0 Å². The maximum atomic E-state index is 12.5. The molecular formula is C22H19Cl3N4O. The Morgan fingerprint density at radius 3 is 1.97 bits per heavy atom. The molecule has 1 amide bonds. The summed E-state index contributed by atoms with van der Waals surface area (Å²) in [6.45, 7) is 1.94. The van der Waals surface area contributed by atoms with Crippen LogP contribution in [0.5, 0.6) is 0 Å². The van der Waals surface area contributed by atoms with Gasteiger partial charge in [0.2, 0.25) is 3.79 Å². The highest BCUT2D eigenvalue weighted by Crippen LogP contribution is 2.31. The zero-order valence-corrected chi connectivity index (χ0v) is 18.3. The first-order chi connectivity index (χ1) is 14.3. The molecule has 3 rings (SSSR count). The van der Waals surface area contributed by atoms with Crippen LogP contribution in [-0.4, -0.2) is 15.9 Å². The average Bonchev–Trinajstić information content (AvgIpc) is 2.73. The van der Waals surface area contributed by atoms with Crippen LogP contribution in [0.1, 0.15) is 15.9 Å². The van der Waals surface area contributed by atoms with Crippen LogP contribution in [0, 0.1) is 6.92 Å². The van der Waals surface area contributed by atoms with Crippen molar-refractivity contribution in [2.24, 2.45) is 10.2 Å². The van der Waals surface area contributed by atoms with Gasteiger partial charge < -0.3 is 10.6 Å². The Kier molecular flexibility index (Phi) is 7.32. The number of amides is 1. The second-order valence-corrected chi connectivity index (χ2v) is 8.91. The highest BCUT2D eigenvalue weighted by atomic mass is 35.6. The molecule has 0 saturated heterocycles. The lowest BCUT2D eigenvalue weighted by Gasteiger charge is -2.27. The van der Waals surface area contributed by atoms with E-state index in [-0.39, 0.29) is 5.91 Å². The number of nitrogens with one attached hydrogen (secondary N) is 2. The van der Waals surface area contributed by atoms with Gasteiger partial charge in [-0.3, -0.25) is 4.79 Å². The summed E-state index contributed by atoms with van der Waals surface area (Å²) in [5.41, 5.74) is 3.59. The molecule has 0 saturated carbocycles. The highest BCUT2D eigenvalue weighted by Gasteiger charge is 2.34. The van der Waals surface area contributed by atoms with Crippen LogP contribution < -0.4 is 10.6 Å². The van der Waals surface area contributed by atoms with Gasteiger partial charge >= 0.3 is 0 Å². The fourth-order valence-electron chi connectivity index (χ4n) is 2.52. The number of halogens is 3. The molecule has 0 bridgehead atoms. The minimum atomic E-state index is -1.77. The van der Waals surface area contributed by atoms with Crippen LogP contribution in [0.15, 0.2) is 89.1 Å². The standard InChI is InChI=1S/C22H19Cl3N4O/c1-15-7-9-16(10-8-15)20(30)27-21(22(23,24)25)26-17-11-13-19(14-12-17)29-28-18-5-3-2-4-6-18/h2-14,21,26H,1H3,(H,27,30)/t21-/m0/s1. The van der Waals surface area contributed by atoms with E-state index in [1.165, 1.54) is 0 Å². The summed E-state index contributed by atoms with van der Waals surface area (Å²) in [6, 6.07) is 23.6. The zero-order chi connectivity index (χ0) is 21.6. The van der Waals surface area contributed by atoms with E-state index in [0.717, 1.165) is 11.3 Å². The molecule has 0 radical (unpaired) electrons. The van der Waals surface area contributed by atoms with E-state index in [1.807, 2.05) is 49.4 Å². The van der Waals surface area contributed by atoms with E-state index >= 15 is 0 Å². The molecule has 154 valence electrons. The smallest absolute Gasteiger partial charge is 0.252 e. The van der Waals surface area contributed by atoms with Crippen molar-refractivity contribution in [2.75, 3.05) is 5.32 Å². The van der Waals surface area contributed by atoms with Crippen LogP contribution >= 0.6 is 34.8 Å². The number of carbonyl (C=O) groups is 1. The summed E-state index contributed by atoms with van der Waals surface area (Å²) in [5, 5.41) is 14.1. The molecule has 3 aromatic carbocycles. The average molecular weight is 462 g/mol. The number of alkyl halides is 3. The van der Waals surface area contributed by atoms with Gasteiger partial charge in [-0.25, -0.2) is 0 Å². The molecule has 2 N–H and O–H groups in total. The third-order valence-electron chi connectivity index (χ3n) is 4.13. The second-order valence-electron chi connectivity index (χ2n) is 6.54. The summed E-state index contributed by atoms with van der Waals surface area (Å²) in [4.78, 5) is 12.5. The van der Waals surface area contributed by atoms with Crippen molar-refractivity contribution in [3.05, 3.63) is 90.0 Å². The number of rotatable bonds is 6. The molecule has 1 atom stereocenters. The third-order valence-corrected chi connectivity index (χ3v) is 4.79. The Hall–Kier alpha value is -2.60.